The molecule has 0 aliphatic rings. The van der Waals surface area contributed by atoms with Crippen LogP contribution in [0.25, 0.3) is 0 Å². The van der Waals surface area contributed by atoms with Crippen molar-refractivity contribution in [2.75, 3.05) is 19.4 Å². The molecule has 5 nitrogen and oxygen atoms in total. The van der Waals surface area contributed by atoms with Gasteiger partial charge in [0.15, 0.2) is 0 Å². The highest BCUT2D eigenvalue weighted by Gasteiger charge is 2.34. The molecule has 1 unspecified atom stereocenters. The molecule has 1 rings (SSSR count). The molecule has 1 atom stereocenters. The van der Waals surface area contributed by atoms with Crippen LogP contribution >= 0.6 is 11.8 Å². The first-order valence-electron chi connectivity index (χ1n) is 5.90. The third-order valence-corrected chi connectivity index (χ3v) is 3.64. The molecule has 1 N–H and O–H groups in total. The summed E-state index contributed by atoms with van der Waals surface area (Å²) in [4.78, 5) is 16.0. The van der Waals surface area contributed by atoms with Crippen LogP contribution in [0.2, 0.25) is 0 Å². The summed E-state index contributed by atoms with van der Waals surface area (Å²) in [5, 5.41) is 3.78. The molecule has 0 aliphatic carbocycles. The summed E-state index contributed by atoms with van der Waals surface area (Å²) >= 11 is 1.40. The molecule has 0 radical (unpaired) electrons. The monoisotopic (exact) mass is 272 g/mol. The molecule has 0 aliphatic heterocycles. The Kier molecular flexibility index (Phi) is 5.68. The van der Waals surface area contributed by atoms with Crippen LogP contribution < -0.4 is 5.32 Å². The molecule has 0 fully saturated rings. The average Bonchev–Trinajstić information content (AvgIpc) is 2.78. The molecule has 18 heavy (non-hydrogen) atoms. The quantitative estimate of drug-likeness (QED) is 0.605. The first kappa shape index (κ1) is 15.0. The Morgan fingerprint density at radius 3 is 2.89 bits per heavy atom. The van der Waals surface area contributed by atoms with E-state index in [1.54, 1.807) is 6.26 Å². The number of aryl methyl sites for hydroxylation is 1. The van der Waals surface area contributed by atoms with Crippen molar-refractivity contribution in [3.05, 3.63) is 12.0 Å². The maximum atomic E-state index is 11.8. The van der Waals surface area contributed by atoms with Crippen molar-refractivity contribution < 1.29 is 13.9 Å². The highest BCUT2D eigenvalue weighted by atomic mass is 32.2. The van der Waals surface area contributed by atoms with Crippen LogP contribution in [0.1, 0.15) is 26.0 Å². The molecule has 0 saturated carbocycles. The van der Waals surface area contributed by atoms with E-state index in [1.165, 1.54) is 18.9 Å². The van der Waals surface area contributed by atoms with E-state index in [-0.39, 0.29) is 5.97 Å². The number of ether oxygens (including phenoxy) is 1. The Labute approximate surface area is 112 Å². The molecule has 102 valence electrons. The maximum absolute atomic E-state index is 11.8. The zero-order valence-corrected chi connectivity index (χ0v) is 12.1. The number of hydrogen-bond donors (Lipinski definition) is 1. The van der Waals surface area contributed by atoms with Crippen LogP contribution in [-0.2, 0) is 9.53 Å². The number of esters is 1. The Bertz CT molecular complexity index is 394. The van der Waals surface area contributed by atoms with E-state index in [2.05, 4.69) is 17.2 Å². The molecule has 6 heteroatoms. The fourth-order valence-corrected chi connectivity index (χ4v) is 2.37. The van der Waals surface area contributed by atoms with Crippen LogP contribution in [0.4, 0.5) is 0 Å². The second-order valence-electron chi connectivity index (χ2n) is 4.29. The molecule has 0 spiro atoms. The lowest BCUT2D eigenvalue weighted by molar-refractivity contribution is -0.146. The Morgan fingerprint density at radius 1 is 1.67 bits per heavy atom. The van der Waals surface area contributed by atoms with Gasteiger partial charge in [0.05, 0.1) is 12.8 Å². The SMILES string of the molecule is CCCNC(C)(CSc1nc(C)co1)C(=O)OC. The number of methoxy groups -OCH3 is 1. The molecular formula is C12H20N2O3S. The average molecular weight is 272 g/mol. The van der Waals surface area contributed by atoms with Crippen LogP contribution in [0.15, 0.2) is 15.9 Å². The van der Waals surface area contributed by atoms with Gasteiger partial charge in [-0.05, 0) is 26.8 Å². The summed E-state index contributed by atoms with van der Waals surface area (Å²) in [6.45, 7) is 6.51. The van der Waals surface area contributed by atoms with Crippen molar-refractivity contribution in [2.24, 2.45) is 0 Å². The van der Waals surface area contributed by atoms with E-state index >= 15 is 0 Å². The van der Waals surface area contributed by atoms with Gasteiger partial charge in [-0.3, -0.25) is 4.79 Å². The zero-order chi connectivity index (χ0) is 13.6. The summed E-state index contributed by atoms with van der Waals surface area (Å²) in [6.07, 6.45) is 2.55. The van der Waals surface area contributed by atoms with E-state index in [0.717, 1.165) is 18.7 Å². The Morgan fingerprint density at radius 2 is 2.39 bits per heavy atom. The lowest BCUT2D eigenvalue weighted by Crippen LogP contribution is -2.52. The van der Waals surface area contributed by atoms with Crippen molar-refractivity contribution in [1.29, 1.82) is 0 Å². The standard InChI is InChI=1S/C12H20N2O3S/c1-5-6-13-12(3,10(15)16-4)8-18-11-14-9(2)7-17-11/h7,13H,5-6,8H2,1-4H3. The van der Waals surface area contributed by atoms with Gasteiger partial charge >= 0.3 is 5.97 Å². The van der Waals surface area contributed by atoms with E-state index in [1.807, 2.05) is 13.8 Å². The number of oxazole rings is 1. The summed E-state index contributed by atoms with van der Waals surface area (Å²) in [7, 11) is 1.40. The lowest BCUT2D eigenvalue weighted by atomic mass is 10.1. The predicted molar refractivity (Wildman–Crippen MR) is 70.7 cm³/mol. The van der Waals surface area contributed by atoms with Crippen LogP contribution in [0, 0.1) is 6.92 Å². The molecule has 0 bridgehead atoms. The summed E-state index contributed by atoms with van der Waals surface area (Å²) in [6, 6.07) is 0. The number of nitrogens with one attached hydrogen (secondary N) is 1. The van der Waals surface area contributed by atoms with E-state index < -0.39 is 5.54 Å². The number of carbonyl (C=O) groups is 1. The molecule has 0 amide bonds. The lowest BCUT2D eigenvalue weighted by Gasteiger charge is -2.26. The van der Waals surface area contributed by atoms with Crippen LogP contribution in [0.3, 0.4) is 0 Å². The van der Waals surface area contributed by atoms with Gasteiger partial charge in [0.25, 0.3) is 5.22 Å². The third kappa shape index (κ3) is 4.03. The topological polar surface area (TPSA) is 64.4 Å². The molecule has 0 saturated heterocycles. The third-order valence-electron chi connectivity index (χ3n) is 2.48. The summed E-state index contributed by atoms with van der Waals surface area (Å²) in [5.74, 6) is 0.242. The van der Waals surface area contributed by atoms with E-state index in [9.17, 15) is 4.79 Å². The van der Waals surface area contributed by atoms with Gasteiger partial charge in [0, 0.05) is 5.75 Å². The number of thioether (sulfide) groups is 1. The maximum Gasteiger partial charge on any atom is 0.326 e. The second-order valence-corrected chi connectivity index (χ2v) is 5.22. The largest absolute Gasteiger partial charge is 0.468 e. The minimum absolute atomic E-state index is 0.272. The van der Waals surface area contributed by atoms with Crippen LogP contribution in [0.5, 0.6) is 0 Å². The highest BCUT2D eigenvalue weighted by Crippen LogP contribution is 2.22. The fourth-order valence-electron chi connectivity index (χ4n) is 1.41. The number of aromatic nitrogens is 1. The van der Waals surface area contributed by atoms with Crippen molar-refractivity contribution in [2.45, 2.75) is 38.0 Å². The van der Waals surface area contributed by atoms with Gasteiger partial charge in [0.2, 0.25) is 0 Å². The van der Waals surface area contributed by atoms with Gasteiger partial charge in [-0.25, -0.2) is 4.98 Å². The molecular weight excluding hydrogens is 252 g/mol. The van der Waals surface area contributed by atoms with Crippen LogP contribution in [-0.4, -0.2) is 35.9 Å². The first-order valence-corrected chi connectivity index (χ1v) is 6.88. The van der Waals surface area contributed by atoms with Crippen molar-refractivity contribution in [3.8, 4) is 0 Å². The van der Waals surface area contributed by atoms with Gasteiger partial charge in [0.1, 0.15) is 11.8 Å². The predicted octanol–water partition coefficient (Wildman–Crippen LogP) is 2.01. The van der Waals surface area contributed by atoms with Gasteiger partial charge in [-0.15, -0.1) is 0 Å². The second kappa shape index (κ2) is 6.80. The first-order chi connectivity index (χ1) is 8.51. The Hall–Kier alpha value is -1.01. The normalized spacial score (nSPS) is 14.2. The highest BCUT2D eigenvalue weighted by molar-refractivity contribution is 7.99. The van der Waals surface area contributed by atoms with Gasteiger partial charge < -0.3 is 14.5 Å². The Balaban J connectivity index is 2.63. The summed E-state index contributed by atoms with van der Waals surface area (Å²) in [5.41, 5.74) is 0.108. The van der Waals surface area contributed by atoms with E-state index in [0.29, 0.717) is 11.0 Å². The zero-order valence-electron chi connectivity index (χ0n) is 11.3. The minimum Gasteiger partial charge on any atom is -0.468 e. The summed E-state index contributed by atoms with van der Waals surface area (Å²) < 4.78 is 10.1. The fraction of sp³-hybridized carbons (Fsp3) is 0.667. The smallest absolute Gasteiger partial charge is 0.326 e. The number of carbonyl (C=O) groups excluding carboxylic acids is 1. The van der Waals surface area contributed by atoms with Crippen molar-refractivity contribution in [3.63, 3.8) is 0 Å². The number of rotatable bonds is 7. The molecule has 1 aromatic rings. The van der Waals surface area contributed by atoms with Crippen molar-refractivity contribution >= 4 is 17.7 Å². The van der Waals surface area contributed by atoms with Gasteiger partial charge in [-0.1, -0.05) is 18.7 Å². The molecule has 1 heterocycles. The molecule has 1 aromatic heterocycles. The number of nitrogens with zero attached hydrogens (tertiary/aromatic N) is 1. The van der Waals surface area contributed by atoms with Gasteiger partial charge in [-0.2, -0.15) is 0 Å². The molecule has 0 aromatic carbocycles. The van der Waals surface area contributed by atoms with Crippen molar-refractivity contribution in [1.82, 2.24) is 10.3 Å². The minimum atomic E-state index is -0.724. The van der Waals surface area contributed by atoms with E-state index in [4.69, 9.17) is 9.15 Å². The number of hydrogen-bond acceptors (Lipinski definition) is 6.